The molecule has 3 rings (SSSR count). The Labute approximate surface area is 164 Å². The van der Waals surface area contributed by atoms with E-state index in [1.54, 1.807) is 26.1 Å². The number of aliphatic hydroxyl groups is 1. The Morgan fingerprint density at radius 2 is 2.03 bits per heavy atom. The predicted octanol–water partition coefficient (Wildman–Crippen LogP) is 2.29. The third kappa shape index (κ3) is 4.47. The van der Waals surface area contributed by atoms with E-state index in [0.29, 0.717) is 17.9 Å². The molecular weight excluding hydrogens is 382 g/mol. The molecule has 0 spiro atoms. The fourth-order valence-electron chi connectivity index (χ4n) is 2.74. The summed E-state index contributed by atoms with van der Waals surface area (Å²) in [4.78, 5) is 12.2. The monoisotopic (exact) mass is 400 g/mol. The van der Waals surface area contributed by atoms with Crippen molar-refractivity contribution in [3.8, 4) is 17.3 Å². The van der Waals surface area contributed by atoms with Crippen LogP contribution in [0.4, 0.5) is 8.78 Å². The zero-order chi connectivity index (χ0) is 21.1. The first-order chi connectivity index (χ1) is 13.8. The lowest BCUT2D eigenvalue weighted by Gasteiger charge is -2.13. The van der Waals surface area contributed by atoms with E-state index in [1.165, 1.54) is 16.8 Å². The van der Waals surface area contributed by atoms with Gasteiger partial charge in [0, 0.05) is 17.8 Å². The molecule has 3 N–H and O–H groups in total. The maximum absolute atomic E-state index is 13.8. The van der Waals surface area contributed by atoms with Crippen LogP contribution in [0.2, 0.25) is 0 Å². The first-order valence-corrected chi connectivity index (χ1v) is 8.75. The molecule has 0 aliphatic carbocycles. The second kappa shape index (κ2) is 8.20. The molecule has 0 saturated carbocycles. The maximum atomic E-state index is 13.8. The maximum Gasteiger partial charge on any atom is 0.272 e. The van der Waals surface area contributed by atoms with E-state index in [9.17, 15) is 18.7 Å². The summed E-state index contributed by atoms with van der Waals surface area (Å²) in [5.41, 5.74) is 0.483. The molecule has 1 aromatic carbocycles. The van der Waals surface area contributed by atoms with E-state index >= 15 is 0 Å². The highest BCUT2D eigenvalue weighted by atomic mass is 19.1. The topological polar surface area (TPSA) is 120 Å². The molecule has 29 heavy (non-hydrogen) atoms. The molecule has 0 fully saturated rings. The Bertz CT molecular complexity index is 1060. The fraction of sp³-hybridized carbons (Fsp3) is 0.263. The normalized spacial score (nSPS) is 13.0. The molecule has 2 heterocycles. The van der Waals surface area contributed by atoms with E-state index in [1.807, 2.05) is 0 Å². The van der Waals surface area contributed by atoms with Gasteiger partial charge in [-0.2, -0.15) is 15.5 Å². The number of nitriles is 1. The largest absolute Gasteiger partial charge is 0.387 e. The number of aromatic amines is 1. The highest BCUT2D eigenvalue weighted by Crippen LogP contribution is 2.22. The van der Waals surface area contributed by atoms with E-state index in [4.69, 9.17) is 5.26 Å². The van der Waals surface area contributed by atoms with E-state index in [-0.39, 0.29) is 17.3 Å². The standard InChI is InChI=1S/C19H18F2N6O2/c1-10(23-19(29)18-7-17(11(2)28)24-25-18)9-27-4-3-16(26-27)12-5-14(20)13(8-22)15(21)6-12/h3-7,10-11,28H,9H2,1-2H3,(H,23,29)(H,24,25)/t10?,11-/m0/s1. The molecule has 150 valence electrons. The first-order valence-electron chi connectivity index (χ1n) is 8.75. The van der Waals surface area contributed by atoms with Crippen molar-refractivity contribution in [3.63, 3.8) is 0 Å². The highest BCUT2D eigenvalue weighted by molar-refractivity contribution is 5.92. The van der Waals surface area contributed by atoms with Gasteiger partial charge >= 0.3 is 0 Å². The molecule has 1 amide bonds. The third-order valence-corrected chi connectivity index (χ3v) is 4.21. The van der Waals surface area contributed by atoms with Gasteiger partial charge in [-0.15, -0.1) is 0 Å². The van der Waals surface area contributed by atoms with Gasteiger partial charge in [-0.25, -0.2) is 8.78 Å². The van der Waals surface area contributed by atoms with Crippen LogP contribution in [0.3, 0.4) is 0 Å². The van der Waals surface area contributed by atoms with Crippen molar-refractivity contribution in [2.75, 3.05) is 0 Å². The summed E-state index contributed by atoms with van der Waals surface area (Å²) < 4.78 is 29.1. The molecule has 0 saturated heterocycles. The number of aliphatic hydroxyl groups excluding tert-OH is 1. The summed E-state index contributed by atoms with van der Waals surface area (Å²) in [6.45, 7) is 3.63. The molecule has 2 atom stereocenters. The molecule has 3 aromatic rings. The molecular formula is C19H18F2N6O2. The smallest absolute Gasteiger partial charge is 0.272 e. The summed E-state index contributed by atoms with van der Waals surface area (Å²) in [5, 5.41) is 31.7. The lowest BCUT2D eigenvalue weighted by Crippen LogP contribution is -2.36. The number of H-pyrrole nitrogens is 1. The van der Waals surface area contributed by atoms with E-state index in [2.05, 4.69) is 20.6 Å². The van der Waals surface area contributed by atoms with Crippen molar-refractivity contribution in [1.82, 2.24) is 25.3 Å². The van der Waals surface area contributed by atoms with E-state index in [0.717, 1.165) is 12.1 Å². The van der Waals surface area contributed by atoms with Gasteiger partial charge in [0.15, 0.2) is 0 Å². The van der Waals surface area contributed by atoms with Gasteiger partial charge in [0.1, 0.15) is 29.0 Å². The number of hydrogen-bond acceptors (Lipinski definition) is 5. The molecule has 0 aliphatic heterocycles. The molecule has 0 aliphatic rings. The number of carbonyl (C=O) groups is 1. The van der Waals surface area contributed by atoms with Crippen molar-refractivity contribution < 1.29 is 18.7 Å². The quantitative estimate of drug-likeness (QED) is 0.586. The summed E-state index contributed by atoms with van der Waals surface area (Å²) in [6, 6.07) is 6.30. The van der Waals surface area contributed by atoms with Gasteiger partial charge in [0.05, 0.1) is 24.0 Å². The Balaban J connectivity index is 1.66. The van der Waals surface area contributed by atoms with Crippen LogP contribution in [0.25, 0.3) is 11.3 Å². The number of benzene rings is 1. The van der Waals surface area contributed by atoms with Crippen molar-refractivity contribution in [2.45, 2.75) is 32.5 Å². The van der Waals surface area contributed by atoms with Gasteiger partial charge in [-0.3, -0.25) is 14.6 Å². The van der Waals surface area contributed by atoms with Crippen molar-refractivity contribution in [1.29, 1.82) is 5.26 Å². The number of nitrogens with one attached hydrogen (secondary N) is 2. The summed E-state index contributed by atoms with van der Waals surface area (Å²) in [7, 11) is 0. The van der Waals surface area contributed by atoms with Gasteiger partial charge in [-0.05, 0) is 38.1 Å². The number of carbonyl (C=O) groups excluding carboxylic acids is 1. The first kappa shape index (κ1) is 20.2. The number of aromatic nitrogens is 4. The highest BCUT2D eigenvalue weighted by Gasteiger charge is 2.16. The zero-order valence-electron chi connectivity index (χ0n) is 15.6. The fourth-order valence-corrected chi connectivity index (χ4v) is 2.74. The molecule has 2 aromatic heterocycles. The van der Waals surface area contributed by atoms with Crippen molar-refractivity contribution in [3.05, 3.63) is 59.0 Å². The average Bonchev–Trinajstić information content (AvgIpc) is 3.31. The Kier molecular flexibility index (Phi) is 5.70. The molecule has 0 bridgehead atoms. The van der Waals surface area contributed by atoms with Crippen LogP contribution in [0.1, 0.15) is 41.7 Å². The minimum absolute atomic E-state index is 0.150. The van der Waals surface area contributed by atoms with Crippen LogP contribution in [-0.2, 0) is 6.54 Å². The SMILES string of the molecule is CC(Cn1ccc(-c2cc(F)c(C#N)c(F)c2)n1)NC(=O)c1cc([C@H](C)O)[nH]n1. The Hall–Kier alpha value is -3.58. The lowest BCUT2D eigenvalue weighted by molar-refractivity contribution is 0.0931. The zero-order valence-corrected chi connectivity index (χ0v) is 15.6. The summed E-state index contributed by atoms with van der Waals surface area (Å²) in [6.07, 6.45) is 0.854. The number of nitrogens with zero attached hydrogens (tertiary/aromatic N) is 4. The minimum Gasteiger partial charge on any atom is -0.387 e. The van der Waals surface area contributed by atoms with Gasteiger partial charge in [-0.1, -0.05) is 0 Å². The average molecular weight is 400 g/mol. The number of amides is 1. The van der Waals surface area contributed by atoms with Gasteiger partial charge in [0.2, 0.25) is 0 Å². The summed E-state index contributed by atoms with van der Waals surface area (Å²) in [5.74, 6) is -2.31. The number of halogens is 2. The van der Waals surface area contributed by atoms with Crippen molar-refractivity contribution in [2.24, 2.45) is 0 Å². The van der Waals surface area contributed by atoms with E-state index < -0.39 is 29.2 Å². The molecule has 8 nitrogen and oxygen atoms in total. The molecule has 1 unspecified atom stereocenters. The summed E-state index contributed by atoms with van der Waals surface area (Å²) >= 11 is 0. The molecule has 0 radical (unpaired) electrons. The van der Waals surface area contributed by atoms with Gasteiger partial charge in [0.25, 0.3) is 5.91 Å². The Morgan fingerprint density at radius 3 is 2.62 bits per heavy atom. The lowest BCUT2D eigenvalue weighted by atomic mass is 10.1. The van der Waals surface area contributed by atoms with Crippen LogP contribution in [0, 0.1) is 23.0 Å². The number of rotatable bonds is 6. The second-order valence-corrected chi connectivity index (χ2v) is 6.61. The van der Waals surface area contributed by atoms with Crippen LogP contribution < -0.4 is 5.32 Å². The minimum atomic E-state index is -0.951. The van der Waals surface area contributed by atoms with Crippen LogP contribution in [-0.4, -0.2) is 37.0 Å². The third-order valence-electron chi connectivity index (χ3n) is 4.21. The van der Waals surface area contributed by atoms with Crippen molar-refractivity contribution >= 4 is 5.91 Å². The van der Waals surface area contributed by atoms with Crippen LogP contribution in [0.15, 0.2) is 30.5 Å². The Morgan fingerprint density at radius 1 is 1.34 bits per heavy atom. The van der Waals surface area contributed by atoms with Gasteiger partial charge < -0.3 is 10.4 Å². The second-order valence-electron chi connectivity index (χ2n) is 6.61. The molecule has 10 heteroatoms. The number of hydrogen-bond donors (Lipinski definition) is 3. The van der Waals surface area contributed by atoms with Crippen LogP contribution >= 0.6 is 0 Å². The van der Waals surface area contributed by atoms with Crippen LogP contribution in [0.5, 0.6) is 0 Å². The predicted molar refractivity (Wildman–Crippen MR) is 98.4 cm³/mol.